The molecular formula is C27H29N3O2. The van der Waals surface area contributed by atoms with Gasteiger partial charge in [0.05, 0.1) is 11.6 Å². The molecule has 1 heterocycles. The van der Waals surface area contributed by atoms with E-state index in [9.17, 15) is 9.90 Å². The van der Waals surface area contributed by atoms with Gasteiger partial charge in [-0.05, 0) is 73.8 Å². The summed E-state index contributed by atoms with van der Waals surface area (Å²) in [6, 6.07) is 23.9. The molecule has 0 saturated heterocycles. The van der Waals surface area contributed by atoms with Crippen molar-refractivity contribution in [1.82, 2.24) is 10.3 Å². The van der Waals surface area contributed by atoms with Crippen molar-refractivity contribution in [2.24, 2.45) is 0 Å². The van der Waals surface area contributed by atoms with E-state index in [4.69, 9.17) is 0 Å². The van der Waals surface area contributed by atoms with Crippen molar-refractivity contribution in [3.05, 3.63) is 105 Å². The number of aromatic nitrogens is 1. The highest BCUT2D eigenvalue weighted by Gasteiger charge is 2.12. The Bertz CT molecular complexity index is 1240. The lowest BCUT2D eigenvalue weighted by Gasteiger charge is -2.16. The fraction of sp³-hybridized carbons (Fsp3) is 0.222. The Balaban J connectivity index is 1.30. The van der Waals surface area contributed by atoms with Gasteiger partial charge in [-0.25, -0.2) is 0 Å². The number of aliphatic hydroxyl groups excluding tert-OH is 1. The molecule has 0 aliphatic carbocycles. The Morgan fingerprint density at radius 3 is 2.28 bits per heavy atom. The fourth-order valence-electron chi connectivity index (χ4n) is 3.84. The van der Waals surface area contributed by atoms with E-state index in [1.165, 1.54) is 17.2 Å². The van der Waals surface area contributed by atoms with Crippen molar-refractivity contribution in [2.75, 3.05) is 18.4 Å². The molecule has 4 aromatic rings. The number of nitrogens with one attached hydrogen (secondary N) is 3. The molecule has 0 aliphatic rings. The molecule has 0 saturated carbocycles. The number of anilines is 2. The smallest absolute Gasteiger partial charge is 0.248 e. The summed E-state index contributed by atoms with van der Waals surface area (Å²) in [6.07, 6.45) is 0.226. The summed E-state index contributed by atoms with van der Waals surface area (Å²) >= 11 is 0. The van der Waals surface area contributed by atoms with Gasteiger partial charge in [0.15, 0.2) is 0 Å². The molecule has 0 bridgehead atoms. The number of hydrogen-bond acceptors (Lipinski definition) is 4. The quantitative estimate of drug-likeness (QED) is 0.306. The summed E-state index contributed by atoms with van der Waals surface area (Å²) in [5.74, 6) is 0. The molecule has 0 amide bonds. The summed E-state index contributed by atoms with van der Waals surface area (Å²) in [5.41, 5.74) is 7.08. The summed E-state index contributed by atoms with van der Waals surface area (Å²) in [4.78, 5) is 14.5. The lowest BCUT2D eigenvalue weighted by Crippen LogP contribution is -2.24. The van der Waals surface area contributed by atoms with Crippen molar-refractivity contribution in [3.63, 3.8) is 0 Å². The Morgan fingerprint density at radius 2 is 1.56 bits per heavy atom. The maximum atomic E-state index is 11.7. The number of aliphatic hydroxyl groups is 1. The van der Waals surface area contributed by atoms with Crippen molar-refractivity contribution in [2.45, 2.75) is 26.4 Å². The molecule has 4 rings (SSSR count). The third kappa shape index (κ3) is 5.25. The zero-order chi connectivity index (χ0) is 22.5. The van der Waals surface area contributed by atoms with E-state index in [2.05, 4.69) is 71.1 Å². The first kappa shape index (κ1) is 21.8. The van der Waals surface area contributed by atoms with Crippen LogP contribution < -0.4 is 16.2 Å². The van der Waals surface area contributed by atoms with Crippen molar-refractivity contribution in [1.29, 1.82) is 0 Å². The third-order valence-corrected chi connectivity index (χ3v) is 5.72. The maximum absolute atomic E-state index is 11.7. The molecule has 0 radical (unpaired) electrons. The second kappa shape index (κ2) is 9.81. The minimum absolute atomic E-state index is 0.134. The van der Waals surface area contributed by atoms with E-state index in [0.29, 0.717) is 6.54 Å². The monoisotopic (exact) mass is 427 g/mol. The van der Waals surface area contributed by atoms with E-state index in [1.54, 1.807) is 6.07 Å². The van der Waals surface area contributed by atoms with Gasteiger partial charge in [-0.3, -0.25) is 4.79 Å². The third-order valence-electron chi connectivity index (χ3n) is 5.72. The minimum Gasteiger partial charge on any atom is -0.387 e. The van der Waals surface area contributed by atoms with Crippen LogP contribution in [0.25, 0.3) is 10.9 Å². The summed E-state index contributed by atoms with van der Waals surface area (Å²) in [5, 5.41) is 18.3. The van der Waals surface area contributed by atoms with Gasteiger partial charge in [0, 0.05) is 29.4 Å². The molecule has 32 heavy (non-hydrogen) atoms. The van der Waals surface area contributed by atoms with Gasteiger partial charge in [-0.2, -0.15) is 0 Å². The van der Waals surface area contributed by atoms with Crippen LogP contribution in [0.5, 0.6) is 0 Å². The summed E-state index contributed by atoms with van der Waals surface area (Å²) in [6.45, 7) is 5.25. The minimum atomic E-state index is -0.648. The van der Waals surface area contributed by atoms with Crippen LogP contribution in [-0.4, -0.2) is 23.2 Å². The van der Waals surface area contributed by atoms with Crippen molar-refractivity contribution < 1.29 is 5.11 Å². The van der Waals surface area contributed by atoms with Crippen LogP contribution in [0.2, 0.25) is 0 Å². The van der Waals surface area contributed by atoms with Crippen LogP contribution in [0.1, 0.15) is 28.4 Å². The van der Waals surface area contributed by atoms with Gasteiger partial charge in [0.2, 0.25) is 5.56 Å². The van der Waals surface area contributed by atoms with Gasteiger partial charge >= 0.3 is 0 Å². The molecule has 0 aliphatic heterocycles. The molecule has 1 unspecified atom stereocenters. The molecule has 0 fully saturated rings. The molecule has 164 valence electrons. The topological polar surface area (TPSA) is 77.2 Å². The van der Waals surface area contributed by atoms with Crippen LogP contribution in [0.4, 0.5) is 11.4 Å². The highest BCUT2D eigenvalue weighted by Crippen LogP contribution is 2.24. The van der Waals surface area contributed by atoms with E-state index in [0.717, 1.165) is 46.4 Å². The highest BCUT2D eigenvalue weighted by molar-refractivity contribution is 5.85. The number of H-pyrrole nitrogens is 1. The Morgan fingerprint density at radius 1 is 0.875 bits per heavy atom. The van der Waals surface area contributed by atoms with Crippen LogP contribution in [0, 0.1) is 13.8 Å². The van der Waals surface area contributed by atoms with Crippen LogP contribution in [0.15, 0.2) is 77.6 Å². The number of aromatic amines is 1. The molecule has 1 aromatic heterocycles. The number of rotatable bonds is 8. The van der Waals surface area contributed by atoms with Gasteiger partial charge in [-0.15, -0.1) is 0 Å². The predicted octanol–water partition coefficient (Wildman–Crippen LogP) is 4.75. The zero-order valence-corrected chi connectivity index (χ0v) is 18.5. The van der Waals surface area contributed by atoms with E-state index in [1.807, 2.05) is 19.1 Å². The van der Waals surface area contributed by atoms with E-state index < -0.39 is 6.10 Å². The largest absolute Gasteiger partial charge is 0.387 e. The van der Waals surface area contributed by atoms with Crippen LogP contribution in [-0.2, 0) is 6.42 Å². The second-order valence-electron chi connectivity index (χ2n) is 8.24. The highest BCUT2D eigenvalue weighted by atomic mass is 16.3. The van der Waals surface area contributed by atoms with Crippen LogP contribution >= 0.6 is 0 Å². The van der Waals surface area contributed by atoms with E-state index >= 15 is 0 Å². The first-order valence-electron chi connectivity index (χ1n) is 10.9. The Labute approximate surface area is 188 Å². The zero-order valence-electron chi connectivity index (χ0n) is 18.5. The maximum Gasteiger partial charge on any atom is 0.248 e. The molecule has 3 aromatic carbocycles. The fourth-order valence-corrected chi connectivity index (χ4v) is 3.84. The SMILES string of the molecule is Cc1ccc(Nc2ccc(CCNCC(O)c3ccc(C)c4[nH]c(=O)ccc34)cc2)cc1. The summed E-state index contributed by atoms with van der Waals surface area (Å²) < 4.78 is 0. The van der Waals surface area contributed by atoms with Gasteiger partial charge in [-0.1, -0.05) is 42.0 Å². The molecular weight excluding hydrogens is 398 g/mol. The average molecular weight is 428 g/mol. The first-order valence-corrected chi connectivity index (χ1v) is 10.9. The lowest BCUT2D eigenvalue weighted by atomic mass is 10.0. The second-order valence-corrected chi connectivity index (χ2v) is 8.24. The van der Waals surface area contributed by atoms with Crippen LogP contribution in [0.3, 0.4) is 0 Å². The molecule has 0 spiro atoms. The number of hydrogen-bond donors (Lipinski definition) is 4. The standard InChI is InChI=1S/C27H29N3O2/c1-18-3-8-21(9-4-18)29-22-10-6-20(7-11-22)15-16-28-17-25(31)23-12-5-19(2)27-24(23)13-14-26(32)30-27/h3-14,25,28-29,31H,15-17H2,1-2H3,(H,30,32). The first-order chi connectivity index (χ1) is 15.5. The van der Waals surface area contributed by atoms with Gasteiger partial charge in [0.25, 0.3) is 0 Å². The molecule has 4 N–H and O–H groups in total. The molecule has 5 heteroatoms. The predicted molar refractivity (Wildman–Crippen MR) is 132 cm³/mol. The van der Waals surface area contributed by atoms with E-state index in [-0.39, 0.29) is 5.56 Å². The lowest BCUT2D eigenvalue weighted by molar-refractivity contribution is 0.176. The molecule has 1 atom stereocenters. The van der Waals surface area contributed by atoms with Gasteiger partial charge < -0.3 is 20.7 Å². The number of benzene rings is 3. The Hall–Kier alpha value is -3.41. The van der Waals surface area contributed by atoms with Crippen molar-refractivity contribution >= 4 is 22.3 Å². The van der Waals surface area contributed by atoms with Gasteiger partial charge in [0.1, 0.15) is 0 Å². The molecule has 5 nitrogen and oxygen atoms in total. The Kier molecular flexibility index (Phi) is 6.69. The number of pyridine rings is 1. The normalized spacial score (nSPS) is 12.1. The number of aryl methyl sites for hydroxylation is 2. The average Bonchev–Trinajstić information content (AvgIpc) is 2.80. The number of fused-ring (bicyclic) bond motifs is 1. The van der Waals surface area contributed by atoms with Crippen molar-refractivity contribution in [3.8, 4) is 0 Å². The summed E-state index contributed by atoms with van der Waals surface area (Å²) in [7, 11) is 0.